The van der Waals surface area contributed by atoms with Crippen LogP contribution in [0.4, 0.5) is 11.4 Å². The maximum atomic E-state index is 12.9. The van der Waals surface area contributed by atoms with Gasteiger partial charge in [-0.2, -0.15) is 0 Å². The van der Waals surface area contributed by atoms with Crippen molar-refractivity contribution in [2.24, 2.45) is 0 Å². The molecular formula is C21H25N3O2. The lowest BCUT2D eigenvalue weighted by molar-refractivity contribution is -0.121. The second kappa shape index (κ2) is 7.60. The number of para-hydroxylation sites is 1. The van der Waals surface area contributed by atoms with E-state index in [9.17, 15) is 9.59 Å². The van der Waals surface area contributed by atoms with Gasteiger partial charge in [0.1, 0.15) is 0 Å². The van der Waals surface area contributed by atoms with Gasteiger partial charge in [0.15, 0.2) is 0 Å². The number of aryl methyl sites for hydroxylation is 1. The molecule has 0 atom stereocenters. The van der Waals surface area contributed by atoms with Crippen LogP contribution in [0.3, 0.4) is 0 Å². The Bertz CT molecular complexity index is 828. The second-order valence-corrected chi connectivity index (χ2v) is 6.92. The van der Waals surface area contributed by atoms with Crippen LogP contribution in [0.25, 0.3) is 0 Å². The Morgan fingerprint density at radius 3 is 2.46 bits per heavy atom. The molecule has 26 heavy (non-hydrogen) atoms. The van der Waals surface area contributed by atoms with E-state index in [-0.39, 0.29) is 18.4 Å². The molecule has 136 valence electrons. The molecule has 5 heteroatoms. The summed E-state index contributed by atoms with van der Waals surface area (Å²) >= 11 is 0. The van der Waals surface area contributed by atoms with Crippen LogP contribution in [0.5, 0.6) is 0 Å². The average Bonchev–Trinajstić information content (AvgIpc) is 3.42. The molecule has 0 saturated heterocycles. The van der Waals surface area contributed by atoms with Crippen molar-refractivity contribution in [3.05, 3.63) is 59.2 Å². The Labute approximate surface area is 154 Å². The number of hydrogen-bond acceptors (Lipinski definition) is 3. The number of amides is 2. The van der Waals surface area contributed by atoms with Crippen molar-refractivity contribution in [3.8, 4) is 0 Å². The summed E-state index contributed by atoms with van der Waals surface area (Å²) in [6, 6.07) is 13.7. The molecule has 1 saturated carbocycles. The molecule has 0 heterocycles. The number of anilines is 2. The summed E-state index contributed by atoms with van der Waals surface area (Å²) < 4.78 is 0. The molecule has 0 radical (unpaired) electrons. The predicted octanol–water partition coefficient (Wildman–Crippen LogP) is 3.40. The van der Waals surface area contributed by atoms with Crippen LogP contribution in [-0.4, -0.2) is 36.3 Å². The van der Waals surface area contributed by atoms with Gasteiger partial charge in [0.05, 0.1) is 17.8 Å². The Balaban J connectivity index is 1.76. The van der Waals surface area contributed by atoms with Gasteiger partial charge in [-0.3, -0.25) is 9.59 Å². The summed E-state index contributed by atoms with van der Waals surface area (Å²) in [4.78, 5) is 26.3. The van der Waals surface area contributed by atoms with Gasteiger partial charge >= 0.3 is 0 Å². The minimum absolute atomic E-state index is 0.0626. The molecule has 1 aliphatic rings. The molecule has 0 bridgehead atoms. The van der Waals surface area contributed by atoms with Crippen molar-refractivity contribution in [2.75, 3.05) is 18.9 Å². The number of nitrogens with zero attached hydrogens (tertiary/aromatic N) is 1. The summed E-state index contributed by atoms with van der Waals surface area (Å²) in [5.74, 6) is -0.285. The summed E-state index contributed by atoms with van der Waals surface area (Å²) in [7, 11) is 1.66. The number of carbonyl (C=O) groups excluding carboxylic acids is 2. The molecule has 1 fully saturated rings. The van der Waals surface area contributed by atoms with Crippen LogP contribution in [-0.2, 0) is 4.79 Å². The first-order chi connectivity index (χ1) is 12.5. The van der Waals surface area contributed by atoms with Crippen LogP contribution >= 0.6 is 0 Å². The molecule has 5 nitrogen and oxygen atoms in total. The van der Waals surface area contributed by atoms with Crippen molar-refractivity contribution in [3.63, 3.8) is 0 Å². The van der Waals surface area contributed by atoms with Crippen molar-refractivity contribution in [1.29, 1.82) is 0 Å². The second-order valence-electron chi connectivity index (χ2n) is 6.92. The Morgan fingerprint density at radius 1 is 1.04 bits per heavy atom. The summed E-state index contributed by atoms with van der Waals surface area (Å²) in [5, 5.41) is 6.28. The highest BCUT2D eigenvalue weighted by Gasteiger charge is 2.25. The van der Waals surface area contributed by atoms with Gasteiger partial charge in [0.2, 0.25) is 5.91 Å². The highest BCUT2D eigenvalue weighted by atomic mass is 16.2. The van der Waals surface area contributed by atoms with Crippen LogP contribution in [0, 0.1) is 13.8 Å². The number of carbonyl (C=O) groups is 2. The van der Waals surface area contributed by atoms with Gasteiger partial charge < -0.3 is 15.5 Å². The predicted molar refractivity (Wildman–Crippen MR) is 104 cm³/mol. The lowest BCUT2D eigenvalue weighted by Gasteiger charge is -2.20. The first kappa shape index (κ1) is 18.0. The fourth-order valence-electron chi connectivity index (χ4n) is 2.80. The Hall–Kier alpha value is -2.82. The average molecular weight is 351 g/mol. The summed E-state index contributed by atoms with van der Waals surface area (Å²) in [6.45, 7) is 4.17. The lowest BCUT2D eigenvalue weighted by Crippen LogP contribution is -2.39. The normalized spacial score (nSPS) is 13.2. The molecule has 3 rings (SSSR count). The van der Waals surface area contributed by atoms with Gasteiger partial charge in [-0.1, -0.05) is 24.3 Å². The fourth-order valence-corrected chi connectivity index (χ4v) is 2.80. The molecule has 0 aromatic heterocycles. The van der Waals surface area contributed by atoms with E-state index >= 15 is 0 Å². The van der Waals surface area contributed by atoms with E-state index in [1.165, 1.54) is 10.5 Å². The summed E-state index contributed by atoms with van der Waals surface area (Å²) in [5.41, 5.74) is 4.59. The molecule has 2 aromatic rings. The van der Waals surface area contributed by atoms with Gasteiger partial charge in [-0.25, -0.2) is 0 Å². The number of benzene rings is 2. The van der Waals surface area contributed by atoms with Crippen LogP contribution in [0.15, 0.2) is 42.5 Å². The van der Waals surface area contributed by atoms with Crippen molar-refractivity contribution >= 4 is 23.2 Å². The Kier molecular flexibility index (Phi) is 5.26. The third-order valence-electron chi connectivity index (χ3n) is 4.70. The van der Waals surface area contributed by atoms with Gasteiger partial charge in [0.25, 0.3) is 5.91 Å². The van der Waals surface area contributed by atoms with Crippen LogP contribution < -0.4 is 10.6 Å². The molecule has 0 aliphatic heterocycles. The molecule has 0 unspecified atom stereocenters. The van der Waals surface area contributed by atoms with Gasteiger partial charge in [-0.05, 0) is 56.0 Å². The van der Waals surface area contributed by atoms with E-state index in [0.717, 1.165) is 29.8 Å². The van der Waals surface area contributed by atoms with E-state index in [4.69, 9.17) is 0 Å². The zero-order valence-corrected chi connectivity index (χ0v) is 15.5. The minimum atomic E-state index is -0.177. The van der Waals surface area contributed by atoms with E-state index in [0.29, 0.717) is 11.6 Å². The number of nitrogens with one attached hydrogen (secondary N) is 2. The zero-order chi connectivity index (χ0) is 18.7. The number of likely N-dealkylation sites (N-methyl/N-ethyl adjacent to an activating group) is 1. The number of hydrogen-bond donors (Lipinski definition) is 2. The summed E-state index contributed by atoms with van der Waals surface area (Å²) in [6.07, 6.45) is 2.07. The SMILES string of the molecule is Cc1cccc(Nc2ccccc2C(=O)N(C)CC(=O)NC2CC2)c1C. The highest BCUT2D eigenvalue weighted by molar-refractivity contribution is 6.01. The minimum Gasteiger partial charge on any atom is -0.355 e. The van der Waals surface area contributed by atoms with Crippen molar-refractivity contribution in [1.82, 2.24) is 10.2 Å². The largest absolute Gasteiger partial charge is 0.355 e. The molecule has 2 N–H and O–H groups in total. The topological polar surface area (TPSA) is 61.4 Å². The van der Waals surface area contributed by atoms with E-state index in [1.54, 1.807) is 13.1 Å². The molecule has 0 spiro atoms. The maximum absolute atomic E-state index is 12.9. The maximum Gasteiger partial charge on any atom is 0.256 e. The fraction of sp³-hybridized carbons (Fsp3) is 0.333. The molecular weight excluding hydrogens is 326 g/mol. The first-order valence-corrected chi connectivity index (χ1v) is 8.93. The van der Waals surface area contributed by atoms with Gasteiger partial charge in [-0.15, -0.1) is 0 Å². The molecule has 2 amide bonds. The van der Waals surface area contributed by atoms with Gasteiger partial charge in [0, 0.05) is 18.8 Å². The first-order valence-electron chi connectivity index (χ1n) is 8.93. The van der Waals surface area contributed by atoms with E-state index < -0.39 is 0 Å². The van der Waals surface area contributed by atoms with E-state index in [1.807, 2.05) is 30.3 Å². The highest BCUT2D eigenvalue weighted by Crippen LogP contribution is 2.26. The van der Waals surface area contributed by atoms with Crippen LogP contribution in [0.2, 0.25) is 0 Å². The third kappa shape index (κ3) is 4.23. The quantitative estimate of drug-likeness (QED) is 0.838. The standard InChI is InChI=1S/C21H25N3O2/c1-14-7-6-10-18(15(14)2)23-19-9-5-4-8-17(19)21(26)24(3)13-20(25)22-16-11-12-16/h4-10,16,23H,11-13H2,1-3H3,(H,22,25). The number of rotatable bonds is 6. The smallest absolute Gasteiger partial charge is 0.256 e. The van der Waals surface area contributed by atoms with E-state index in [2.05, 4.69) is 30.5 Å². The monoisotopic (exact) mass is 351 g/mol. The molecule has 2 aromatic carbocycles. The lowest BCUT2D eigenvalue weighted by atomic mass is 10.1. The van der Waals surface area contributed by atoms with Crippen LogP contribution in [0.1, 0.15) is 34.3 Å². The Morgan fingerprint density at radius 2 is 1.73 bits per heavy atom. The molecule has 1 aliphatic carbocycles. The van der Waals surface area contributed by atoms with Crippen molar-refractivity contribution in [2.45, 2.75) is 32.7 Å². The third-order valence-corrected chi connectivity index (χ3v) is 4.70. The van der Waals surface area contributed by atoms with Crippen molar-refractivity contribution < 1.29 is 9.59 Å². The zero-order valence-electron chi connectivity index (χ0n) is 15.5.